The van der Waals surface area contributed by atoms with E-state index >= 15 is 0 Å². The van der Waals surface area contributed by atoms with Crippen LogP contribution < -0.4 is 9.62 Å². The molecule has 2 aromatic rings. The van der Waals surface area contributed by atoms with Crippen molar-refractivity contribution in [1.29, 1.82) is 0 Å². The number of anilines is 2. The molecule has 0 unspecified atom stereocenters. The molecule has 1 N–H and O–H groups in total. The average Bonchev–Trinajstić information content (AvgIpc) is 2.53. The van der Waals surface area contributed by atoms with Gasteiger partial charge in [0.15, 0.2) is 0 Å². The van der Waals surface area contributed by atoms with E-state index < -0.39 is 21.8 Å². The lowest BCUT2D eigenvalue weighted by molar-refractivity contribution is -0.137. The highest BCUT2D eigenvalue weighted by atomic mass is 35.5. The maximum Gasteiger partial charge on any atom is 0.416 e. The molecular weight excluding hydrogens is 389 g/mol. The summed E-state index contributed by atoms with van der Waals surface area (Å²) in [7, 11) is -0.817. The summed E-state index contributed by atoms with van der Waals surface area (Å²) < 4.78 is 65.4. The average molecular weight is 405 g/mol. The number of sulfonamides is 1. The molecule has 2 aromatic carbocycles. The predicted octanol–water partition coefficient (Wildman–Crippen LogP) is 4.84. The predicted molar refractivity (Wildman–Crippen MR) is 98.8 cm³/mol. The van der Waals surface area contributed by atoms with Crippen LogP contribution in [0.2, 0.25) is 5.02 Å². The molecule has 0 aliphatic rings. The van der Waals surface area contributed by atoms with Gasteiger partial charge in [0.25, 0.3) is 10.0 Å². The summed E-state index contributed by atoms with van der Waals surface area (Å²) >= 11 is 5.76. The Labute approximate surface area is 154 Å². The monoisotopic (exact) mass is 404 g/mol. The molecule has 0 fully saturated rings. The van der Waals surface area contributed by atoms with Gasteiger partial charge in [-0.3, -0.25) is 4.72 Å². The molecule has 26 heavy (non-hydrogen) atoms. The quantitative estimate of drug-likeness (QED) is 0.776. The van der Waals surface area contributed by atoms with Gasteiger partial charge in [0.05, 0.1) is 22.3 Å². The summed E-state index contributed by atoms with van der Waals surface area (Å²) in [5.74, 6) is 0. The van der Waals surface area contributed by atoms with Crippen LogP contribution in [0, 0.1) is 0 Å². The van der Waals surface area contributed by atoms with Crippen molar-refractivity contribution in [3.05, 3.63) is 64.0 Å². The van der Waals surface area contributed by atoms with Gasteiger partial charge in [-0.15, -0.1) is 0 Å². The van der Waals surface area contributed by atoms with Crippen LogP contribution in [-0.2, 0) is 16.2 Å². The molecule has 0 aliphatic heterocycles. The molecule has 4 nitrogen and oxygen atoms in total. The molecule has 0 aliphatic carbocycles. The molecule has 140 valence electrons. The van der Waals surface area contributed by atoms with Gasteiger partial charge in [0.2, 0.25) is 0 Å². The second-order valence-electron chi connectivity index (χ2n) is 5.63. The number of nitrogens with zero attached hydrogens (tertiary/aromatic N) is 1. The van der Waals surface area contributed by atoms with Crippen LogP contribution in [-0.4, -0.2) is 22.5 Å². The van der Waals surface area contributed by atoms with Crippen molar-refractivity contribution in [3.8, 4) is 0 Å². The summed E-state index contributed by atoms with van der Waals surface area (Å²) in [4.78, 5) is 1.51. The lowest BCUT2D eigenvalue weighted by atomic mass is 10.1. The van der Waals surface area contributed by atoms with Gasteiger partial charge in [-0.05, 0) is 42.0 Å². The minimum atomic E-state index is -4.58. The number of nitrogens with one attached hydrogen (secondary N) is 1. The Kier molecular flexibility index (Phi) is 5.87. The minimum absolute atomic E-state index is 0.161. The van der Waals surface area contributed by atoms with E-state index in [2.05, 4.69) is 4.72 Å². The first kappa shape index (κ1) is 20.1. The third kappa shape index (κ3) is 5.40. The zero-order chi connectivity index (χ0) is 19.5. The van der Waals surface area contributed by atoms with Crippen LogP contribution in [0.4, 0.5) is 24.5 Å². The number of alkyl halides is 3. The Morgan fingerprint density at radius 2 is 1.69 bits per heavy atom. The van der Waals surface area contributed by atoms with E-state index in [1.54, 1.807) is 38.4 Å². The van der Waals surface area contributed by atoms with E-state index in [9.17, 15) is 21.6 Å². The van der Waals surface area contributed by atoms with E-state index in [1.165, 1.54) is 17.0 Å². The SMILES string of the molecule is CN(C)c1ccc(C(F)(F)F)cc1NS(=O)(=O)C=Cc1ccc(Cl)cc1. The Balaban J connectivity index is 2.33. The highest BCUT2D eigenvalue weighted by Crippen LogP contribution is 2.35. The van der Waals surface area contributed by atoms with Crippen LogP contribution in [0.25, 0.3) is 6.08 Å². The Morgan fingerprint density at radius 3 is 2.23 bits per heavy atom. The molecular formula is C17H16ClF3N2O2S. The van der Waals surface area contributed by atoms with E-state index in [4.69, 9.17) is 11.6 Å². The first-order valence-corrected chi connectivity index (χ1v) is 9.25. The Morgan fingerprint density at radius 1 is 1.08 bits per heavy atom. The first-order chi connectivity index (χ1) is 12.0. The fourth-order valence-electron chi connectivity index (χ4n) is 2.11. The molecule has 0 heterocycles. The van der Waals surface area contributed by atoms with E-state index in [-0.39, 0.29) is 5.69 Å². The maximum absolute atomic E-state index is 12.9. The van der Waals surface area contributed by atoms with Crippen molar-refractivity contribution in [3.63, 3.8) is 0 Å². The van der Waals surface area contributed by atoms with Crippen molar-refractivity contribution in [2.75, 3.05) is 23.7 Å². The molecule has 0 spiro atoms. The van der Waals surface area contributed by atoms with Gasteiger partial charge in [-0.2, -0.15) is 13.2 Å². The highest BCUT2D eigenvalue weighted by molar-refractivity contribution is 7.95. The van der Waals surface area contributed by atoms with Crippen molar-refractivity contribution in [2.24, 2.45) is 0 Å². The topological polar surface area (TPSA) is 49.4 Å². The van der Waals surface area contributed by atoms with Gasteiger partial charge < -0.3 is 4.90 Å². The molecule has 2 rings (SSSR count). The lowest BCUT2D eigenvalue weighted by Crippen LogP contribution is -2.17. The molecule has 0 atom stereocenters. The second-order valence-corrected chi connectivity index (χ2v) is 7.63. The molecule has 0 radical (unpaired) electrons. The standard InChI is InChI=1S/C17H16ClF3N2O2S/c1-23(2)16-8-5-13(17(19,20)21)11-15(16)22-26(24,25)10-9-12-3-6-14(18)7-4-12/h3-11,22H,1-2H3. The van der Waals surface area contributed by atoms with Crippen LogP contribution in [0.15, 0.2) is 47.9 Å². The summed E-state index contributed by atoms with van der Waals surface area (Å²) in [5.41, 5.74) is -0.216. The first-order valence-electron chi connectivity index (χ1n) is 7.33. The molecule has 0 aromatic heterocycles. The normalized spacial score (nSPS) is 12.4. The van der Waals surface area contributed by atoms with E-state index in [0.29, 0.717) is 16.3 Å². The van der Waals surface area contributed by atoms with Crippen molar-refractivity contribution in [1.82, 2.24) is 0 Å². The lowest BCUT2D eigenvalue weighted by Gasteiger charge is -2.19. The summed E-state index contributed by atoms with van der Waals surface area (Å²) in [6, 6.07) is 9.30. The molecule has 0 saturated heterocycles. The van der Waals surface area contributed by atoms with Crippen LogP contribution in [0.3, 0.4) is 0 Å². The summed E-state index contributed by atoms with van der Waals surface area (Å²) in [5, 5.41) is 1.39. The zero-order valence-corrected chi connectivity index (χ0v) is 15.5. The zero-order valence-electron chi connectivity index (χ0n) is 13.9. The van der Waals surface area contributed by atoms with Crippen molar-refractivity contribution >= 4 is 39.1 Å². The molecule has 9 heteroatoms. The van der Waals surface area contributed by atoms with Crippen LogP contribution in [0.5, 0.6) is 0 Å². The van der Waals surface area contributed by atoms with Crippen molar-refractivity contribution in [2.45, 2.75) is 6.18 Å². The van der Waals surface area contributed by atoms with Crippen LogP contribution in [0.1, 0.15) is 11.1 Å². The Hall–Kier alpha value is -2.19. The second kappa shape index (κ2) is 7.59. The fourth-order valence-corrected chi connectivity index (χ4v) is 3.11. The van der Waals surface area contributed by atoms with Gasteiger partial charge >= 0.3 is 6.18 Å². The third-order valence-electron chi connectivity index (χ3n) is 3.37. The molecule has 0 amide bonds. The third-order valence-corrected chi connectivity index (χ3v) is 4.62. The number of rotatable bonds is 5. The van der Waals surface area contributed by atoms with Gasteiger partial charge in [-0.1, -0.05) is 23.7 Å². The minimum Gasteiger partial charge on any atom is -0.376 e. The van der Waals surface area contributed by atoms with Gasteiger partial charge in [0.1, 0.15) is 0 Å². The van der Waals surface area contributed by atoms with Gasteiger partial charge in [-0.25, -0.2) is 8.42 Å². The van der Waals surface area contributed by atoms with Crippen LogP contribution >= 0.6 is 11.6 Å². The molecule has 0 bridgehead atoms. The fraction of sp³-hybridized carbons (Fsp3) is 0.176. The number of hydrogen-bond acceptors (Lipinski definition) is 3. The maximum atomic E-state index is 12.9. The van der Waals surface area contributed by atoms with Crippen molar-refractivity contribution < 1.29 is 21.6 Å². The van der Waals surface area contributed by atoms with Gasteiger partial charge in [0, 0.05) is 19.1 Å². The number of halogens is 4. The molecule has 0 saturated carbocycles. The summed E-state index contributed by atoms with van der Waals surface area (Å²) in [6.07, 6.45) is -3.26. The van der Waals surface area contributed by atoms with E-state index in [0.717, 1.165) is 17.5 Å². The Bertz CT molecular complexity index is 909. The number of benzene rings is 2. The van der Waals surface area contributed by atoms with E-state index in [1.807, 2.05) is 0 Å². The summed E-state index contributed by atoms with van der Waals surface area (Å²) in [6.45, 7) is 0. The number of hydrogen-bond donors (Lipinski definition) is 1. The smallest absolute Gasteiger partial charge is 0.376 e. The highest BCUT2D eigenvalue weighted by Gasteiger charge is 2.31. The largest absolute Gasteiger partial charge is 0.416 e.